The molecule has 0 atom stereocenters. The molecule has 1 N–H and O–H groups in total. The highest BCUT2D eigenvalue weighted by atomic mass is 32.2. The van der Waals surface area contributed by atoms with E-state index in [2.05, 4.69) is 10.5 Å². The Morgan fingerprint density at radius 1 is 1.26 bits per heavy atom. The minimum atomic E-state index is -3.75. The second-order valence-corrected chi connectivity index (χ2v) is 7.41. The molecule has 1 aromatic heterocycles. The van der Waals surface area contributed by atoms with Crippen molar-refractivity contribution >= 4 is 21.7 Å². The van der Waals surface area contributed by atoms with Crippen LogP contribution in [-0.2, 0) is 14.8 Å². The van der Waals surface area contributed by atoms with Crippen molar-refractivity contribution in [3.05, 3.63) is 41.2 Å². The van der Waals surface area contributed by atoms with Crippen LogP contribution < -0.4 is 5.32 Å². The maximum Gasteiger partial charge on any atom is 0.243 e. The van der Waals surface area contributed by atoms with E-state index in [1.54, 1.807) is 32.0 Å². The molecule has 0 aliphatic rings. The van der Waals surface area contributed by atoms with Gasteiger partial charge in [0.05, 0.1) is 11.4 Å². The Kier molecular flexibility index (Phi) is 4.86. The lowest BCUT2D eigenvalue weighted by Gasteiger charge is -2.18. The van der Waals surface area contributed by atoms with Gasteiger partial charge in [0.2, 0.25) is 15.9 Å². The molecule has 0 unspecified atom stereocenters. The molecule has 0 bridgehead atoms. The van der Waals surface area contributed by atoms with Crippen LogP contribution in [0.4, 0.5) is 5.82 Å². The van der Waals surface area contributed by atoms with E-state index < -0.39 is 15.9 Å². The minimum Gasteiger partial charge on any atom is -0.360 e. The molecule has 0 aliphatic heterocycles. The summed E-state index contributed by atoms with van der Waals surface area (Å²) in [4.78, 5) is 12.2. The molecule has 2 rings (SSSR count). The monoisotopic (exact) mass is 337 g/mol. The van der Waals surface area contributed by atoms with E-state index in [1.165, 1.54) is 7.05 Å². The number of nitrogens with zero attached hydrogens (tertiary/aromatic N) is 2. The van der Waals surface area contributed by atoms with Gasteiger partial charge in [-0.3, -0.25) is 4.79 Å². The van der Waals surface area contributed by atoms with Gasteiger partial charge < -0.3 is 9.84 Å². The van der Waals surface area contributed by atoms with E-state index in [0.29, 0.717) is 11.3 Å². The van der Waals surface area contributed by atoms with E-state index >= 15 is 0 Å². The van der Waals surface area contributed by atoms with Crippen LogP contribution in [0.25, 0.3) is 0 Å². The molecule has 0 aliphatic carbocycles. The molecule has 8 heteroatoms. The summed E-state index contributed by atoms with van der Waals surface area (Å²) >= 11 is 0. The Morgan fingerprint density at radius 2 is 1.96 bits per heavy atom. The summed E-state index contributed by atoms with van der Waals surface area (Å²) in [6.07, 6.45) is 0. The van der Waals surface area contributed by atoms with Crippen LogP contribution >= 0.6 is 0 Å². The second kappa shape index (κ2) is 6.51. The van der Waals surface area contributed by atoms with Gasteiger partial charge in [0, 0.05) is 13.1 Å². The van der Waals surface area contributed by atoms with E-state index in [1.807, 2.05) is 13.0 Å². The van der Waals surface area contributed by atoms with Crippen LogP contribution in [0.5, 0.6) is 0 Å². The Morgan fingerprint density at radius 3 is 2.57 bits per heavy atom. The highest BCUT2D eigenvalue weighted by Gasteiger charge is 2.25. The van der Waals surface area contributed by atoms with Crippen LogP contribution in [0.15, 0.2) is 33.7 Å². The number of anilines is 1. The smallest absolute Gasteiger partial charge is 0.243 e. The summed E-state index contributed by atoms with van der Waals surface area (Å²) in [5.41, 5.74) is 1.47. The van der Waals surface area contributed by atoms with Crippen molar-refractivity contribution in [3.8, 4) is 0 Å². The quantitative estimate of drug-likeness (QED) is 0.899. The van der Waals surface area contributed by atoms with Gasteiger partial charge in [-0.15, -0.1) is 0 Å². The second-order valence-electron chi connectivity index (χ2n) is 5.40. The maximum atomic E-state index is 12.6. The fraction of sp³-hybridized carbons (Fsp3) is 0.333. The zero-order valence-electron chi connectivity index (χ0n) is 13.5. The molecule has 1 aromatic carbocycles. The number of carbonyl (C=O) groups excluding carboxylic acids is 1. The molecule has 0 radical (unpaired) electrons. The first-order valence-electron chi connectivity index (χ1n) is 6.97. The Hall–Kier alpha value is -2.19. The van der Waals surface area contributed by atoms with E-state index in [-0.39, 0.29) is 17.3 Å². The molecule has 0 saturated carbocycles. The molecule has 23 heavy (non-hydrogen) atoms. The average Bonchev–Trinajstić information content (AvgIpc) is 2.86. The topological polar surface area (TPSA) is 92.5 Å². The van der Waals surface area contributed by atoms with Gasteiger partial charge in [0.1, 0.15) is 5.76 Å². The minimum absolute atomic E-state index is 0.199. The number of sulfonamides is 1. The molecule has 0 saturated heterocycles. The van der Waals surface area contributed by atoms with Crippen LogP contribution in [0, 0.1) is 20.8 Å². The molecule has 1 amide bonds. The van der Waals surface area contributed by atoms with Crippen molar-refractivity contribution in [1.29, 1.82) is 0 Å². The van der Waals surface area contributed by atoms with E-state index in [0.717, 1.165) is 9.87 Å². The van der Waals surface area contributed by atoms with E-state index in [9.17, 15) is 13.2 Å². The summed E-state index contributed by atoms with van der Waals surface area (Å²) in [7, 11) is -2.38. The fourth-order valence-corrected chi connectivity index (χ4v) is 3.48. The molecule has 124 valence electrons. The Labute approximate surface area is 135 Å². The number of carbonyl (C=O) groups is 1. The molecular formula is C15H19N3O4S. The summed E-state index contributed by atoms with van der Waals surface area (Å²) in [5.74, 6) is 0.316. The maximum absolute atomic E-state index is 12.6. The zero-order valence-corrected chi connectivity index (χ0v) is 14.3. The number of aryl methyl sites for hydroxylation is 3. The van der Waals surface area contributed by atoms with Gasteiger partial charge in [-0.25, -0.2) is 8.42 Å². The normalized spacial score (nSPS) is 11.7. The predicted octanol–water partition coefficient (Wildman–Crippen LogP) is 1.86. The first-order valence-corrected chi connectivity index (χ1v) is 8.41. The number of amides is 1. The third kappa shape index (κ3) is 3.96. The van der Waals surface area contributed by atoms with Crippen molar-refractivity contribution in [1.82, 2.24) is 9.46 Å². The number of hydrogen-bond acceptors (Lipinski definition) is 5. The molecular weight excluding hydrogens is 318 g/mol. The number of nitrogens with one attached hydrogen (secondary N) is 1. The average molecular weight is 337 g/mol. The number of hydrogen-bond donors (Lipinski definition) is 1. The lowest BCUT2D eigenvalue weighted by Crippen LogP contribution is -2.35. The van der Waals surface area contributed by atoms with Gasteiger partial charge in [-0.1, -0.05) is 17.3 Å². The van der Waals surface area contributed by atoms with Gasteiger partial charge >= 0.3 is 0 Å². The van der Waals surface area contributed by atoms with Crippen LogP contribution in [0.2, 0.25) is 0 Å². The van der Waals surface area contributed by atoms with Gasteiger partial charge in [0.25, 0.3) is 0 Å². The first kappa shape index (κ1) is 17.2. The van der Waals surface area contributed by atoms with Crippen molar-refractivity contribution in [2.75, 3.05) is 18.9 Å². The zero-order chi connectivity index (χ0) is 17.2. The van der Waals surface area contributed by atoms with Crippen LogP contribution in [-0.4, -0.2) is 37.4 Å². The first-order chi connectivity index (χ1) is 10.7. The predicted molar refractivity (Wildman–Crippen MR) is 85.6 cm³/mol. The standard InChI is InChI=1S/C15H19N3O4S/c1-10-5-6-11(2)13(7-10)23(20,21)18(4)9-15(19)16-14-8-12(3)22-17-14/h5-8H,9H2,1-4H3,(H,16,17,19). The number of likely N-dealkylation sites (N-methyl/N-ethyl adjacent to an activating group) is 1. The molecule has 2 aromatic rings. The van der Waals surface area contributed by atoms with Crippen molar-refractivity contribution in [2.24, 2.45) is 0 Å². The molecule has 0 fully saturated rings. The highest BCUT2D eigenvalue weighted by molar-refractivity contribution is 7.89. The lowest BCUT2D eigenvalue weighted by molar-refractivity contribution is -0.116. The molecule has 1 heterocycles. The Bertz CT molecular complexity index is 827. The third-order valence-corrected chi connectivity index (χ3v) is 5.24. The summed E-state index contributed by atoms with van der Waals surface area (Å²) in [6, 6.07) is 6.74. The SMILES string of the molecule is Cc1ccc(C)c(S(=O)(=O)N(C)CC(=O)Nc2cc(C)on2)c1. The van der Waals surface area contributed by atoms with E-state index in [4.69, 9.17) is 4.52 Å². The number of benzene rings is 1. The summed E-state index contributed by atoms with van der Waals surface area (Å²) < 4.78 is 31.1. The summed E-state index contributed by atoms with van der Waals surface area (Å²) in [6.45, 7) is 4.91. The Balaban J connectivity index is 2.13. The summed E-state index contributed by atoms with van der Waals surface area (Å²) in [5, 5.41) is 6.13. The third-order valence-electron chi connectivity index (χ3n) is 3.29. The highest BCUT2D eigenvalue weighted by Crippen LogP contribution is 2.20. The van der Waals surface area contributed by atoms with Crippen LogP contribution in [0.3, 0.4) is 0 Å². The molecule has 0 spiro atoms. The molecule has 7 nitrogen and oxygen atoms in total. The van der Waals surface area contributed by atoms with Gasteiger partial charge in [0.15, 0.2) is 5.82 Å². The fourth-order valence-electron chi connectivity index (χ4n) is 2.05. The largest absolute Gasteiger partial charge is 0.360 e. The lowest BCUT2D eigenvalue weighted by atomic mass is 10.2. The van der Waals surface area contributed by atoms with Crippen LogP contribution in [0.1, 0.15) is 16.9 Å². The van der Waals surface area contributed by atoms with Crippen molar-refractivity contribution in [3.63, 3.8) is 0 Å². The van der Waals surface area contributed by atoms with Gasteiger partial charge in [-0.05, 0) is 38.0 Å². The van der Waals surface area contributed by atoms with Crippen molar-refractivity contribution < 1.29 is 17.7 Å². The van der Waals surface area contributed by atoms with Crippen molar-refractivity contribution in [2.45, 2.75) is 25.7 Å². The number of aromatic nitrogens is 1. The number of rotatable bonds is 5. The van der Waals surface area contributed by atoms with Gasteiger partial charge in [-0.2, -0.15) is 4.31 Å².